The van der Waals surface area contributed by atoms with E-state index in [4.69, 9.17) is 11.6 Å². The molecular weight excluding hydrogens is 694 g/mol. The highest BCUT2D eigenvalue weighted by molar-refractivity contribution is 6.31. The Morgan fingerprint density at radius 3 is 2.57 bits per heavy atom. The molecule has 0 spiro atoms. The minimum absolute atomic E-state index is 0.000347. The number of likely N-dealkylation sites (tertiary alicyclic amines) is 1. The molecule has 1 aliphatic heterocycles. The zero-order valence-corrected chi connectivity index (χ0v) is 27.4. The SMILES string of the molecule is O=C(Cc1cnn(CC(c2ccc(-c3c(-n4cnnn4)ccc(Cl)c3F)c[n+]2[O-])n2cc(-c3ccnc(C(F)(F)F)c3)cn2)c1)N1CCCCC1. The van der Waals surface area contributed by atoms with Crippen molar-refractivity contribution in [1.82, 2.24) is 49.7 Å². The third kappa shape index (κ3) is 7.15. The molecule has 5 aromatic heterocycles. The number of aromatic nitrogens is 10. The number of alkyl halides is 3. The quantitative estimate of drug-likeness (QED) is 0.115. The van der Waals surface area contributed by atoms with Gasteiger partial charge in [0.15, 0.2) is 18.1 Å². The Labute approximate surface area is 292 Å². The van der Waals surface area contributed by atoms with Crippen molar-refractivity contribution in [3.05, 3.63) is 113 Å². The van der Waals surface area contributed by atoms with Crippen LogP contribution in [-0.2, 0) is 23.9 Å². The van der Waals surface area contributed by atoms with E-state index in [1.165, 1.54) is 64.6 Å². The highest BCUT2D eigenvalue weighted by Crippen LogP contribution is 2.34. The van der Waals surface area contributed by atoms with Crippen molar-refractivity contribution in [3.63, 3.8) is 0 Å². The van der Waals surface area contributed by atoms with Gasteiger partial charge in [0.2, 0.25) is 11.6 Å². The van der Waals surface area contributed by atoms with Crippen LogP contribution in [0.1, 0.15) is 42.3 Å². The number of carbonyl (C=O) groups excluding carboxylic acids is 1. The summed E-state index contributed by atoms with van der Waals surface area (Å²) >= 11 is 6.12. The van der Waals surface area contributed by atoms with Crippen LogP contribution < -0.4 is 4.73 Å². The van der Waals surface area contributed by atoms with E-state index >= 15 is 4.39 Å². The third-order valence-electron chi connectivity index (χ3n) is 8.66. The number of hydrogen-bond acceptors (Lipinski definition) is 8. The zero-order valence-electron chi connectivity index (χ0n) is 26.7. The second kappa shape index (κ2) is 13.9. The molecule has 6 aromatic rings. The molecule has 1 saturated heterocycles. The number of halogens is 5. The Kier molecular flexibility index (Phi) is 9.20. The van der Waals surface area contributed by atoms with Crippen LogP contribution in [-0.4, -0.2) is 68.6 Å². The summed E-state index contributed by atoms with van der Waals surface area (Å²) in [5.74, 6) is -0.787. The summed E-state index contributed by atoms with van der Waals surface area (Å²) in [5.41, 5.74) is 0.742. The molecule has 0 N–H and O–H groups in total. The van der Waals surface area contributed by atoms with Crippen molar-refractivity contribution >= 4 is 17.5 Å². The maximum atomic E-state index is 15.5. The molecule has 0 bridgehead atoms. The van der Waals surface area contributed by atoms with E-state index in [9.17, 15) is 23.2 Å². The van der Waals surface area contributed by atoms with Gasteiger partial charge in [-0.05, 0) is 71.1 Å². The molecular formula is C33H28ClF4N11O2. The average molecular weight is 722 g/mol. The van der Waals surface area contributed by atoms with Crippen molar-refractivity contribution < 1.29 is 27.1 Å². The van der Waals surface area contributed by atoms with Crippen molar-refractivity contribution in [1.29, 1.82) is 0 Å². The summed E-state index contributed by atoms with van der Waals surface area (Å²) in [6, 6.07) is 7.38. The largest absolute Gasteiger partial charge is 0.618 e. The van der Waals surface area contributed by atoms with Crippen LogP contribution in [0, 0.1) is 11.0 Å². The number of carbonyl (C=O) groups is 1. The molecule has 51 heavy (non-hydrogen) atoms. The molecule has 262 valence electrons. The van der Waals surface area contributed by atoms with Crippen LogP contribution in [0.2, 0.25) is 5.02 Å². The number of nitrogens with zero attached hydrogens (tertiary/aromatic N) is 11. The first-order valence-corrected chi connectivity index (χ1v) is 16.2. The van der Waals surface area contributed by atoms with E-state index in [1.807, 2.05) is 4.90 Å². The van der Waals surface area contributed by atoms with Crippen LogP contribution in [0.25, 0.3) is 27.9 Å². The van der Waals surface area contributed by atoms with Crippen LogP contribution in [0.5, 0.6) is 0 Å². The fourth-order valence-corrected chi connectivity index (χ4v) is 6.27. The smallest absolute Gasteiger partial charge is 0.433 e. The monoisotopic (exact) mass is 721 g/mol. The number of hydrogen-bond donors (Lipinski definition) is 0. The molecule has 0 saturated carbocycles. The molecule has 1 aromatic carbocycles. The zero-order chi connectivity index (χ0) is 35.7. The number of piperidine rings is 1. The van der Waals surface area contributed by atoms with E-state index in [2.05, 4.69) is 30.7 Å². The Morgan fingerprint density at radius 2 is 1.82 bits per heavy atom. The fraction of sp³-hybridized carbons (Fsp3) is 0.273. The van der Waals surface area contributed by atoms with Crippen molar-refractivity contribution in [2.45, 2.75) is 44.4 Å². The minimum atomic E-state index is -4.65. The summed E-state index contributed by atoms with van der Waals surface area (Å²) < 4.78 is 60.6. The van der Waals surface area contributed by atoms with E-state index in [0.29, 0.717) is 28.9 Å². The van der Waals surface area contributed by atoms with Gasteiger partial charge in [-0.15, -0.1) is 5.10 Å². The van der Waals surface area contributed by atoms with E-state index in [-0.39, 0.29) is 52.0 Å². The topological polar surface area (TPSA) is 139 Å². The van der Waals surface area contributed by atoms with Gasteiger partial charge in [0.25, 0.3) is 0 Å². The third-order valence-corrected chi connectivity index (χ3v) is 8.95. The molecule has 1 unspecified atom stereocenters. The molecule has 7 rings (SSSR count). The first-order chi connectivity index (χ1) is 24.5. The molecule has 1 amide bonds. The normalized spacial score (nSPS) is 14.2. The molecule has 0 radical (unpaired) electrons. The second-order valence-electron chi connectivity index (χ2n) is 12.0. The Hall–Kier alpha value is -5.71. The van der Waals surface area contributed by atoms with Crippen molar-refractivity contribution in [3.8, 4) is 27.9 Å². The van der Waals surface area contributed by atoms with E-state index in [1.54, 1.807) is 17.1 Å². The highest BCUT2D eigenvalue weighted by atomic mass is 35.5. The van der Waals surface area contributed by atoms with Crippen LogP contribution in [0.4, 0.5) is 17.6 Å². The predicted molar refractivity (Wildman–Crippen MR) is 173 cm³/mol. The maximum absolute atomic E-state index is 15.5. The Bertz CT molecular complexity index is 2180. The average Bonchev–Trinajstić information content (AvgIpc) is 3.92. The summed E-state index contributed by atoms with van der Waals surface area (Å²) in [4.78, 5) is 18.2. The lowest BCUT2D eigenvalue weighted by atomic mass is 10.0. The highest BCUT2D eigenvalue weighted by Gasteiger charge is 2.33. The van der Waals surface area contributed by atoms with Gasteiger partial charge in [0.05, 0.1) is 47.2 Å². The molecule has 1 aliphatic rings. The molecule has 6 heterocycles. The molecule has 0 aliphatic carbocycles. The molecule has 1 fully saturated rings. The maximum Gasteiger partial charge on any atom is 0.433 e. The van der Waals surface area contributed by atoms with Gasteiger partial charge in [-0.3, -0.25) is 19.1 Å². The van der Waals surface area contributed by atoms with E-state index < -0.39 is 23.7 Å². The number of pyridine rings is 2. The molecule has 18 heteroatoms. The summed E-state index contributed by atoms with van der Waals surface area (Å²) in [7, 11) is 0. The van der Waals surface area contributed by atoms with Gasteiger partial charge in [-0.2, -0.15) is 32.8 Å². The van der Waals surface area contributed by atoms with Gasteiger partial charge in [-0.25, -0.2) is 4.39 Å². The van der Waals surface area contributed by atoms with Crippen LogP contribution in [0.3, 0.4) is 0 Å². The lowest BCUT2D eigenvalue weighted by molar-refractivity contribution is -0.615. The van der Waals surface area contributed by atoms with Gasteiger partial charge >= 0.3 is 6.18 Å². The lowest BCUT2D eigenvalue weighted by Gasteiger charge is -2.26. The van der Waals surface area contributed by atoms with Gasteiger partial charge < -0.3 is 10.1 Å². The second-order valence-corrected chi connectivity index (χ2v) is 12.4. The first-order valence-electron chi connectivity index (χ1n) is 15.9. The van der Waals surface area contributed by atoms with Crippen LogP contribution in [0.15, 0.2) is 79.9 Å². The van der Waals surface area contributed by atoms with Gasteiger partial charge in [-0.1, -0.05) is 11.6 Å². The van der Waals surface area contributed by atoms with Crippen molar-refractivity contribution in [2.24, 2.45) is 0 Å². The number of rotatable bonds is 9. The van der Waals surface area contributed by atoms with E-state index in [0.717, 1.165) is 31.5 Å². The number of amides is 1. The van der Waals surface area contributed by atoms with Crippen molar-refractivity contribution in [2.75, 3.05) is 13.1 Å². The first kappa shape index (κ1) is 33.8. The standard InChI is InChI=1S/C33H28ClF4N11O2/c34-25-5-7-27(48-20-40-43-44-48)31(32(25)35)23-4-6-26(49(51)18-23)28(19-46-16-21(14-41-46)12-30(50)45-10-2-1-3-11-45)47-17-24(15-42-47)22-8-9-39-29(13-22)33(36,37)38/h4-9,13-18,20,28H,1-3,10-12,19H2. The molecule has 13 nitrogen and oxygen atoms in total. The predicted octanol–water partition coefficient (Wildman–Crippen LogP) is 5.07. The lowest BCUT2D eigenvalue weighted by Crippen LogP contribution is -2.37. The summed E-state index contributed by atoms with van der Waals surface area (Å²) in [6.07, 6.45) is 8.25. The Balaban J connectivity index is 1.24. The van der Waals surface area contributed by atoms with Gasteiger partial charge in [0.1, 0.15) is 12.0 Å². The number of tetrazole rings is 1. The summed E-state index contributed by atoms with van der Waals surface area (Å²) in [5, 5.41) is 33.6. The number of benzene rings is 1. The Morgan fingerprint density at radius 1 is 1.00 bits per heavy atom. The minimum Gasteiger partial charge on any atom is -0.618 e. The van der Waals surface area contributed by atoms with Crippen LogP contribution >= 0.6 is 11.6 Å². The molecule has 1 atom stereocenters. The fourth-order valence-electron chi connectivity index (χ4n) is 6.12. The summed E-state index contributed by atoms with van der Waals surface area (Å²) in [6.45, 7) is 1.48. The van der Waals surface area contributed by atoms with Gasteiger partial charge in [0, 0.05) is 43.3 Å².